The molecule has 0 saturated carbocycles. The molecule has 0 spiro atoms. The van der Waals surface area contributed by atoms with Gasteiger partial charge in [-0.15, -0.1) is 0 Å². The van der Waals surface area contributed by atoms with Crippen molar-refractivity contribution >= 4 is 26.6 Å². The number of rotatable bonds is 0. The SMILES string of the molecule is [B]c1ccc2c(c1)C(F)(F)c1cc3c(cc1-2)C(F)(F)c1cc([B])ccc1-3. The summed E-state index contributed by atoms with van der Waals surface area (Å²) in [6.07, 6.45) is 0. The summed E-state index contributed by atoms with van der Waals surface area (Å²) < 4.78 is 59.8. The van der Waals surface area contributed by atoms with Crippen LogP contribution >= 0.6 is 0 Å². The van der Waals surface area contributed by atoms with Crippen molar-refractivity contribution < 1.29 is 17.6 Å². The van der Waals surface area contributed by atoms with Crippen LogP contribution in [0.5, 0.6) is 0 Å². The van der Waals surface area contributed by atoms with E-state index in [2.05, 4.69) is 0 Å². The van der Waals surface area contributed by atoms with Crippen LogP contribution in [-0.2, 0) is 11.8 Å². The molecule has 26 heavy (non-hydrogen) atoms. The van der Waals surface area contributed by atoms with E-state index in [1.54, 1.807) is 0 Å². The monoisotopic (exact) mass is 346 g/mol. The third-order valence-corrected chi connectivity index (χ3v) is 5.18. The van der Waals surface area contributed by atoms with Crippen LogP contribution in [-0.4, -0.2) is 15.7 Å². The molecule has 0 N–H and O–H groups in total. The number of halogens is 4. The van der Waals surface area contributed by atoms with Gasteiger partial charge in [-0.3, -0.25) is 0 Å². The summed E-state index contributed by atoms with van der Waals surface area (Å²) in [6.45, 7) is 0. The Morgan fingerprint density at radius 2 is 0.846 bits per heavy atom. The fraction of sp³-hybridized carbons (Fsp3) is 0.100. The van der Waals surface area contributed by atoms with Gasteiger partial charge in [-0.2, -0.15) is 17.6 Å². The Hall–Kier alpha value is -2.49. The second-order valence-corrected chi connectivity index (χ2v) is 6.70. The molecule has 2 aliphatic carbocycles. The molecule has 0 nitrogen and oxygen atoms in total. The Morgan fingerprint density at radius 3 is 1.23 bits per heavy atom. The molecule has 4 radical (unpaired) electrons. The molecular weight excluding hydrogens is 338 g/mol. The van der Waals surface area contributed by atoms with Gasteiger partial charge in [0.15, 0.2) is 0 Å². The lowest BCUT2D eigenvalue weighted by Crippen LogP contribution is -2.15. The maximum atomic E-state index is 14.9. The second-order valence-electron chi connectivity index (χ2n) is 6.70. The molecule has 6 heteroatoms. The smallest absolute Gasteiger partial charge is 0.196 e. The lowest BCUT2D eigenvalue weighted by molar-refractivity contribution is 0.0451. The zero-order valence-corrected chi connectivity index (χ0v) is 13.3. The lowest BCUT2D eigenvalue weighted by atomic mass is 9.91. The van der Waals surface area contributed by atoms with Crippen LogP contribution in [0.3, 0.4) is 0 Å². The van der Waals surface area contributed by atoms with E-state index in [-0.39, 0.29) is 55.4 Å². The predicted octanol–water partition coefficient (Wildman–Crippen LogP) is 3.52. The molecule has 5 rings (SSSR count). The molecule has 122 valence electrons. The first kappa shape index (κ1) is 15.7. The molecule has 0 atom stereocenters. The van der Waals surface area contributed by atoms with Gasteiger partial charge in [0.05, 0.1) is 0 Å². The van der Waals surface area contributed by atoms with Gasteiger partial charge in [0.1, 0.15) is 15.7 Å². The molecule has 0 bridgehead atoms. The highest BCUT2D eigenvalue weighted by molar-refractivity contribution is 6.32. The normalized spacial score (nSPS) is 17.4. The van der Waals surface area contributed by atoms with Crippen LogP contribution in [0.25, 0.3) is 22.3 Å². The first-order chi connectivity index (χ1) is 12.2. The molecule has 0 aromatic heterocycles. The summed E-state index contributed by atoms with van der Waals surface area (Å²) in [4.78, 5) is 0. The van der Waals surface area contributed by atoms with Crippen molar-refractivity contribution in [1.82, 2.24) is 0 Å². The van der Waals surface area contributed by atoms with E-state index >= 15 is 0 Å². The topological polar surface area (TPSA) is 0 Å². The van der Waals surface area contributed by atoms with E-state index in [0.29, 0.717) is 0 Å². The van der Waals surface area contributed by atoms with Gasteiger partial charge in [-0.05, 0) is 34.4 Å². The second kappa shape index (κ2) is 4.61. The molecule has 3 aromatic carbocycles. The van der Waals surface area contributed by atoms with E-state index in [1.807, 2.05) is 0 Å². The van der Waals surface area contributed by atoms with Crippen molar-refractivity contribution in [3.05, 3.63) is 70.8 Å². The fourth-order valence-electron chi connectivity index (χ4n) is 3.97. The fourth-order valence-corrected chi connectivity index (χ4v) is 3.97. The third-order valence-electron chi connectivity index (χ3n) is 5.18. The summed E-state index contributed by atoms with van der Waals surface area (Å²) >= 11 is 0. The van der Waals surface area contributed by atoms with Crippen LogP contribution in [0.15, 0.2) is 48.5 Å². The van der Waals surface area contributed by atoms with Crippen molar-refractivity contribution in [2.24, 2.45) is 0 Å². The highest BCUT2D eigenvalue weighted by Gasteiger charge is 2.50. The molecule has 3 aromatic rings. The quantitative estimate of drug-likeness (QED) is 0.432. The minimum Gasteiger partial charge on any atom is -0.196 e. The number of hydrogen-bond donors (Lipinski definition) is 0. The van der Waals surface area contributed by atoms with Crippen LogP contribution in [0, 0.1) is 0 Å². The van der Waals surface area contributed by atoms with Gasteiger partial charge >= 0.3 is 0 Å². The molecule has 0 saturated heterocycles. The summed E-state index contributed by atoms with van der Waals surface area (Å²) in [5, 5.41) is 0. The van der Waals surface area contributed by atoms with Crippen LogP contribution in [0.2, 0.25) is 0 Å². The van der Waals surface area contributed by atoms with Gasteiger partial charge in [0, 0.05) is 22.3 Å². The molecule has 0 heterocycles. The Kier molecular flexibility index (Phi) is 2.79. The maximum absolute atomic E-state index is 14.9. The van der Waals surface area contributed by atoms with Gasteiger partial charge in [-0.1, -0.05) is 47.3 Å². The van der Waals surface area contributed by atoms with Gasteiger partial charge in [0.25, 0.3) is 11.8 Å². The van der Waals surface area contributed by atoms with E-state index in [4.69, 9.17) is 15.7 Å². The van der Waals surface area contributed by atoms with Gasteiger partial charge in [0.2, 0.25) is 0 Å². The summed E-state index contributed by atoms with van der Waals surface area (Å²) in [7, 11) is 11.3. The summed E-state index contributed by atoms with van der Waals surface area (Å²) in [5.41, 5.74) is 0.0310. The number of hydrogen-bond acceptors (Lipinski definition) is 0. The maximum Gasteiger partial charge on any atom is 0.299 e. The third kappa shape index (κ3) is 1.77. The molecular formula is C20H8B2F4. The standard InChI is InChI=1S/C20H8B2F4/c21-9-1-3-11-13-7-18-14(8-17(13)19(23,24)15(11)5-9)12-4-2-10(22)6-16(12)20(18,25)26/h1-8H. The average molecular weight is 346 g/mol. The van der Waals surface area contributed by atoms with Gasteiger partial charge < -0.3 is 0 Å². The lowest BCUT2D eigenvalue weighted by Gasteiger charge is -2.15. The van der Waals surface area contributed by atoms with E-state index in [9.17, 15) is 17.6 Å². The van der Waals surface area contributed by atoms with Crippen molar-refractivity contribution in [3.8, 4) is 22.3 Å². The Morgan fingerprint density at radius 1 is 0.500 bits per heavy atom. The van der Waals surface area contributed by atoms with Crippen LogP contribution in [0.1, 0.15) is 22.3 Å². The Labute approximate surface area is 149 Å². The zero-order valence-electron chi connectivity index (χ0n) is 13.3. The number of fused-ring (bicyclic) bond motifs is 6. The molecule has 0 aliphatic heterocycles. The first-order valence-corrected chi connectivity index (χ1v) is 7.96. The molecule has 0 fully saturated rings. The van der Waals surface area contributed by atoms with Crippen LogP contribution < -0.4 is 10.9 Å². The number of benzene rings is 3. The van der Waals surface area contributed by atoms with E-state index in [0.717, 1.165) is 0 Å². The van der Waals surface area contributed by atoms with Crippen molar-refractivity contribution in [2.75, 3.05) is 0 Å². The highest BCUT2D eigenvalue weighted by Crippen LogP contribution is 2.57. The summed E-state index contributed by atoms with van der Waals surface area (Å²) in [5.74, 6) is -6.58. The van der Waals surface area contributed by atoms with Crippen molar-refractivity contribution in [2.45, 2.75) is 11.8 Å². The Balaban J connectivity index is 1.84. The largest absolute Gasteiger partial charge is 0.299 e. The van der Waals surface area contributed by atoms with Gasteiger partial charge in [-0.25, -0.2) is 0 Å². The van der Waals surface area contributed by atoms with Crippen molar-refractivity contribution in [1.29, 1.82) is 0 Å². The minimum atomic E-state index is -3.29. The predicted molar refractivity (Wildman–Crippen MR) is 94.1 cm³/mol. The zero-order chi connectivity index (χ0) is 18.4. The minimum absolute atomic E-state index is 0.115. The Bertz CT molecular complexity index is 1030. The first-order valence-electron chi connectivity index (χ1n) is 7.96. The van der Waals surface area contributed by atoms with Crippen LogP contribution in [0.4, 0.5) is 17.6 Å². The average Bonchev–Trinajstić information content (AvgIpc) is 2.93. The molecule has 0 unspecified atom stereocenters. The number of alkyl halides is 4. The molecule has 0 amide bonds. The summed E-state index contributed by atoms with van der Waals surface area (Å²) in [6, 6.07) is 10.6. The van der Waals surface area contributed by atoms with E-state index in [1.165, 1.54) is 48.5 Å². The highest BCUT2D eigenvalue weighted by atomic mass is 19.3. The van der Waals surface area contributed by atoms with Crippen molar-refractivity contribution in [3.63, 3.8) is 0 Å². The van der Waals surface area contributed by atoms with E-state index < -0.39 is 11.8 Å². The molecule has 2 aliphatic rings.